The fourth-order valence-corrected chi connectivity index (χ4v) is 4.57. The number of pyridine rings is 1. The van der Waals surface area contributed by atoms with Crippen molar-refractivity contribution in [3.63, 3.8) is 0 Å². The smallest absolute Gasteiger partial charge is 0.0799 e. The molecular weight excluding hydrogens is 282 g/mol. The van der Waals surface area contributed by atoms with Crippen LogP contribution in [-0.2, 0) is 6.42 Å². The van der Waals surface area contributed by atoms with Crippen molar-refractivity contribution >= 4 is 13.3 Å². The summed E-state index contributed by atoms with van der Waals surface area (Å²) in [6, 6.07) is 10.6. The number of hydrogen-bond donors (Lipinski definition) is 0. The highest BCUT2D eigenvalue weighted by molar-refractivity contribution is 6.89. The number of rotatable bonds is 3. The van der Waals surface area contributed by atoms with E-state index in [9.17, 15) is 0 Å². The molecule has 22 heavy (non-hydrogen) atoms. The largest absolute Gasteiger partial charge is 0.256 e. The summed E-state index contributed by atoms with van der Waals surface area (Å²) in [6.07, 6.45) is 3.27. The average molecular weight is 312 g/mol. The molecule has 0 radical (unpaired) electrons. The van der Waals surface area contributed by atoms with Crippen molar-refractivity contribution in [2.45, 2.75) is 53.8 Å². The Morgan fingerprint density at radius 3 is 2.09 bits per heavy atom. The first kappa shape index (κ1) is 16.9. The first-order chi connectivity index (χ1) is 10.1. The van der Waals surface area contributed by atoms with Crippen LogP contribution in [0.5, 0.6) is 0 Å². The van der Waals surface area contributed by atoms with Gasteiger partial charge in [0.05, 0.1) is 13.8 Å². The molecule has 0 saturated heterocycles. The molecule has 0 bridgehead atoms. The van der Waals surface area contributed by atoms with Crippen LogP contribution in [0.15, 0.2) is 36.5 Å². The maximum Gasteiger partial charge on any atom is 0.0799 e. The first-order valence-electron chi connectivity index (χ1n) is 8.14. The van der Waals surface area contributed by atoms with Crippen LogP contribution in [0.4, 0.5) is 0 Å². The summed E-state index contributed by atoms with van der Waals surface area (Å²) in [5.41, 5.74) is 5.54. The van der Waals surface area contributed by atoms with Crippen molar-refractivity contribution in [2.75, 3.05) is 0 Å². The van der Waals surface area contributed by atoms with Gasteiger partial charge >= 0.3 is 0 Å². The van der Waals surface area contributed by atoms with Crippen LogP contribution in [-0.4, -0.2) is 13.1 Å². The van der Waals surface area contributed by atoms with Gasteiger partial charge in [0.15, 0.2) is 0 Å². The Morgan fingerprint density at radius 2 is 1.59 bits per heavy atom. The molecule has 0 saturated carbocycles. The van der Waals surface area contributed by atoms with Crippen molar-refractivity contribution in [3.8, 4) is 11.3 Å². The monoisotopic (exact) mass is 311 g/mol. The van der Waals surface area contributed by atoms with Crippen molar-refractivity contribution in [1.82, 2.24) is 4.98 Å². The molecule has 0 aliphatic carbocycles. The molecule has 118 valence electrons. The van der Waals surface area contributed by atoms with E-state index in [1.807, 2.05) is 0 Å². The van der Waals surface area contributed by atoms with E-state index >= 15 is 0 Å². The molecule has 0 amide bonds. The zero-order valence-corrected chi connectivity index (χ0v) is 16.1. The Balaban J connectivity index is 2.65. The molecule has 0 unspecified atom stereocenters. The van der Waals surface area contributed by atoms with Gasteiger partial charge in [0.25, 0.3) is 0 Å². The predicted molar refractivity (Wildman–Crippen MR) is 101 cm³/mol. The van der Waals surface area contributed by atoms with Gasteiger partial charge in [0, 0.05) is 11.8 Å². The summed E-state index contributed by atoms with van der Waals surface area (Å²) < 4.78 is 0. The summed E-state index contributed by atoms with van der Waals surface area (Å²) in [6.45, 7) is 16.5. The van der Waals surface area contributed by atoms with Gasteiger partial charge in [-0.2, -0.15) is 0 Å². The van der Waals surface area contributed by atoms with Gasteiger partial charge in [-0.15, -0.1) is 0 Å². The van der Waals surface area contributed by atoms with Gasteiger partial charge < -0.3 is 0 Å². The molecule has 2 rings (SSSR count). The van der Waals surface area contributed by atoms with Crippen LogP contribution in [0.3, 0.4) is 0 Å². The van der Waals surface area contributed by atoms with E-state index in [-0.39, 0.29) is 5.41 Å². The lowest BCUT2D eigenvalue weighted by Gasteiger charge is -2.28. The quantitative estimate of drug-likeness (QED) is 0.711. The Morgan fingerprint density at radius 1 is 1.00 bits per heavy atom. The van der Waals surface area contributed by atoms with Crippen LogP contribution in [0.25, 0.3) is 11.3 Å². The highest BCUT2D eigenvalue weighted by atomic mass is 28.3. The van der Waals surface area contributed by atoms with Gasteiger partial charge in [-0.3, -0.25) is 4.98 Å². The van der Waals surface area contributed by atoms with E-state index < -0.39 is 8.07 Å². The zero-order valence-electron chi connectivity index (χ0n) is 15.1. The minimum atomic E-state index is -1.40. The molecule has 2 aromatic rings. The molecule has 0 fully saturated rings. The van der Waals surface area contributed by atoms with E-state index in [4.69, 9.17) is 4.98 Å². The second-order valence-corrected chi connectivity index (χ2v) is 13.5. The molecular formula is C20H29NSi. The highest BCUT2D eigenvalue weighted by Crippen LogP contribution is 2.28. The molecule has 0 aliphatic heterocycles. The number of aromatic nitrogens is 1. The number of hydrogen-bond acceptors (Lipinski definition) is 1. The molecule has 0 aliphatic rings. The molecule has 1 aromatic carbocycles. The molecule has 1 heterocycles. The van der Waals surface area contributed by atoms with Gasteiger partial charge in [-0.05, 0) is 35.1 Å². The second-order valence-electron chi connectivity index (χ2n) is 8.48. The summed E-state index contributed by atoms with van der Waals surface area (Å²) >= 11 is 0. The zero-order chi connectivity index (χ0) is 16.5. The lowest BCUT2D eigenvalue weighted by atomic mass is 9.86. The maximum absolute atomic E-state index is 4.84. The standard InChI is InChI=1S/C20H29NSi/c1-15-17(13-20(2,3)4)18(22(5,6)7)14-21-19(15)16-11-9-8-10-12-16/h8-12,14H,13H2,1-7H3. The fraction of sp³-hybridized carbons (Fsp3) is 0.450. The lowest BCUT2D eigenvalue weighted by Crippen LogP contribution is -2.42. The topological polar surface area (TPSA) is 12.9 Å². The Bertz CT molecular complexity index is 646. The summed E-state index contributed by atoms with van der Waals surface area (Å²) in [7, 11) is -1.40. The van der Waals surface area contributed by atoms with E-state index in [1.54, 1.807) is 0 Å². The van der Waals surface area contributed by atoms with Crippen molar-refractivity contribution < 1.29 is 0 Å². The Kier molecular flexibility index (Phi) is 4.62. The normalized spacial score (nSPS) is 12.5. The van der Waals surface area contributed by atoms with Gasteiger partial charge in [-0.25, -0.2) is 0 Å². The number of benzene rings is 1. The lowest BCUT2D eigenvalue weighted by molar-refractivity contribution is 0.411. The van der Waals surface area contributed by atoms with Crippen molar-refractivity contribution in [1.29, 1.82) is 0 Å². The van der Waals surface area contributed by atoms with Gasteiger partial charge in [-0.1, -0.05) is 70.7 Å². The molecule has 1 nitrogen and oxygen atoms in total. The second kappa shape index (κ2) is 6.00. The van der Waals surface area contributed by atoms with Crippen LogP contribution in [0.2, 0.25) is 19.6 Å². The molecule has 1 aromatic heterocycles. The SMILES string of the molecule is Cc1c(-c2ccccc2)ncc([Si](C)(C)C)c1CC(C)(C)C. The Labute approximate surface area is 136 Å². The fourth-order valence-electron chi connectivity index (χ4n) is 2.94. The highest BCUT2D eigenvalue weighted by Gasteiger charge is 2.26. The Hall–Kier alpha value is -1.41. The van der Waals surface area contributed by atoms with Crippen LogP contribution in [0.1, 0.15) is 31.9 Å². The van der Waals surface area contributed by atoms with Crippen molar-refractivity contribution in [2.24, 2.45) is 5.41 Å². The van der Waals surface area contributed by atoms with Crippen molar-refractivity contribution in [3.05, 3.63) is 47.7 Å². The van der Waals surface area contributed by atoms with E-state index in [1.165, 1.54) is 21.9 Å². The molecule has 0 atom stereocenters. The maximum atomic E-state index is 4.84. The minimum Gasteiger partial charge on any atom is -0.256 e. The van der Waals surface area contributed by atoms with E-state index in [0.29, 0.717) is 0 Å². The third-order valence-electron chi connectivity index (χ3n) is 4.02. The van der Waals surface area contributed by atoms with Gasteiger partial charge in [0.1, 0.15) is 0 Å². The first-order valence-corrected chi connectivity index (χ1v) is 11.6. The average Bonchev–Trinajstić information content (AvgIpc) is 2.39. The summed E-state index contributed by atoms with van der Waals surface area (Å²) in [5.74, 6) is 0. The molecule has 0 spiro atoms. The molecule has 0 N–H and O–H groups in total. The predicted octanol–water partition coefficient (Wildman–Crippen LogP) is 5.19. The van der Waals surface area contributed by atoms with Crippen LogP contribution < -0.4 is 5.19 Å². The number of nitrogens with zero attached hydrogens (tertiary/aromatic N) is 1. The summed E-state index contributed by atoms with van der Waals surface area (Å²) in [5, 5.41) is 1.51. The van der Waals surface area contributed by atoms with E-state index in [2.05, 4.69) is 83.9 Å². The summed E-state index contributed by atoms with van der Waals surface area (Å²) in [4.78, 5) is 4.84. The third kappa shape index (κ3) is 3.86. The van der Waals surface area contributed by atoms with E-state index in [0.717, 1.165) is 12.1 Å². The van der Waals surface area contributed by atoms with Crippen LogP contribution in [0, 0.1) is 12.3 Å². The van der Waals surface area contributed by atoms with Gasteiger partial charge in [0.2, 0.25) is 0 Å². The molecule has 2 heteroatoms. The van der Waals surface area contributed by atoms with Crippen LogP contribution >= 0.6 is 0 Å². The third-order valence-corrected chi connectivity index (χ3v) is 6.06. The minimum absolute atomic E-state index is 0.286.